The summed E-state index contributed by atoms with van der Waals surface area (Å²) in [6.45, 7) is 6.68. The quantitative estimate of drug-likeness (QED) is 0.868. The molecule has 0 fully saturated rings. The van der Waals surface area contributed by atoms with Gasteiger partial charge >= 0.3 is 8.56 Å². The topological polar surface area (TPSA) is 18.5 Å². The first kappa shape index (κ1) is 14.9. The molecule has 2 aromatic rings. The fourth-order valence-corrected chi connectivity index (χ4v) is 5.95. The lowest BCUT2D eigenvalue weighted by Gasteiger charge is -2.40. The van der Waals surface area contributed by atoms with Gasteiger partial charge in [0.2, 0.25) is 0 Å². The molecule has 0 spiro atoms. The molecule has 0 unspecified atom stereocenters. The molecule has 3 nitrogen and oxygen atoms in total. The fraction of sp³-hybridized carbons (Fsp3) is 0.222. The molecular weight excluding hydrogens is 286 g/mol. The van der Waals surface area contributed by atoms with Gasteiger partial charge in [-0.25, -0.2) is 0 Å². The highest BCUT2D eigenvalue weighted by atomic mass is 28.4. The molecule has 22 heavy (non-hydrogen) atoms. The lowest BCUT2D eigenvalue weighted by Crippen LogP contribution is -2.67. The number of rotatable bonds is 3. The first-order valence-corrected chi connectivity index (χ1v) is 10.0. The summed E-state index contributed by atoms with van der Waals surface area (Å²) in [6, 6.07) is 17.1. The van der Waals surface area contributed by atoms with Crippen molar-refractivity contribution in [2.24, 2.45) is 0 Å². The maximum Gasteiger partial charge on any atom is 0.351 e. The van der Waals surface area contributed by atoms with Crippen LogP contribution in [0, 0.1) is 13.8 Å². The van der Waals surface area contributed by atoms with Gasteiger partial charge in [-0.1, -0.05) is 36.4 Å². The maximum absolute atomic E-state index is 3.62. The maximum atomic E-state index is 3.62. The highest BCUT2D eigenvalue weighted by Gasteiger charge is 2.44. The third kappa shape index (κ3) is 2.25. The Morgan fingerprint density at radius 3 is 1.55 bits per heavy atom. The van der Waals surface area contributed by atoms with Crippen LogP contribution in [-0.4, -0.2) is 15.6 Å². The number of para-hydroxylation sites is 2. The van der Waals surface area contributed by atoms with Crippen molar-refractivity contribution in [1.82, 2.24) is 4.98 Å². The van der Waals surface area contributed by atoms with Gasteiger partial charge in [-0.15, -0.1) is 0 Å². The zero-order valence-electron chi connectivity index (χ0n) is 13.7. The number of nitrogens with zero attached hydrogens (tertiary/aromatic N) is 2. The minimum Gasteiger partial charge on any atom is -0.343 e. The Kier molecular flexibility index (Phi) is 3.81. The molecule has 0 aliphatic carbocycles. The molecule has 1 N–H and O–H groups in total. The summed E-state index contributed by atoms with van der Waals surface area (Å²) >= 11 is 0. The molecule has 1 aliphatic heterocycles. The Labute approximate surface area is 134 Å². The lowest BCUT2D eigenvalue weighted by molar-refractivity contribution is 1.07. The molecule has 0 saturated carbocycles. The molecule has 114 valence electrons. The van der Waals surface area contributed by atoms with Gasteiger partial charge in [-0.2, -0.15) is 0 Å². The van der Waals surface area contributed by atoms with Gasteiger partial charge in [0.25, 0.3) is 0 Å². The van der Waals surface area contributed by atoms with E-state index in [1.54, 1.807) is 0 Å². The molecule has 0 saturated heterocycles. The van der Waals surface area contributed by atoms with Gasteiger partial charge in [0.15, 0.2) is 0 Å². The van der Waals surface area contributed by atoms with Crippen molar-refractivity contribution in [2.75, 3.05) is 16.2 Å². The molecule has 0 radical (unpaired) electrons. The molecule has 1 aliphatic rings. The molecule has 3 rings (SSSR count). The summed E-state index contributed by atoms with van der Waals surface area (Å²) < 4.78 is 4.85. The van der Waals surface area contributed by atoms with Crippen LogP contribution in [0.1, 0.15) is 11.1 Å². The molecule has 0 amide bonds. The van der Waals surface area contributed by atoms with Crippen LogP contribution in [0.4, 0.5) is 11.4 Å². The summed E-state index contributed by atoms with van der Waals surface area (Å²) in [6.07, 6.45) is 4.41. The third-order valence-corrected chi connectivity index (χ3v) is 8.13. The number of hydrogen-bond acceptors (Lipinski definition) is 3. The second-order valence-corrected chi connectivity index (χ2v) is 9.39. The SMILES string of the molecule is CN[Si]1(C)N(c2ccccc2C)C=CN1c1ccccc1C. The van der Waals surface area contributed by atoms with E-state index in [4.69, 9.17) is 0 Å². The van der Waals surface area contributed by atoms with E-state index >= 15 is 0 Å². The molecule has 0 atom stereocenters. The predicted molar refractivity (Wildman–Crippen MR) is 97.1 cm³/mol. The van der Waals surface area contributed by atoms with Crippen LogP contribution < -0.4 is 14.1 Å². The summed E-state index contributed by atoms with van der Waals surface area (Å²) in [5, 5.41) is 0. The average Bonchev–Trinajstić information content (AvgIpc) is 2.86. The molecule has 1 heterocycles. The van der Waals surface area contributed by atoms with Gasteiger partial charge in [0, 0.05) is 23.8 Å². The zero-order chi connectivity index (χ0) is 15.7. The van der Waals surface area contributed by atoms with Crippen molar-refractivity contribution in [3.63, 3.8) is 0 Å². The van der Waals surface area contributed by atoms with Crippen molar-refractivity contribution in [3.8, 4) is 0 Å². The van der Waals surface area contributed by atoms with E-state index in [0.717, 1.165) is 0 Å². The highest BCUT2D eigenvalue weighted by Crippen LogP contribution is 2.34. The number of anilines is 2. The summed E-state index contributed by atoms with van der Waals surface area (Å²) in [4.78, 5) is 3.62. The molecule has 2 aromatic carbocycles. The van der Waals surface area contributed by atoms with E-state index in [1.807, 2.05) is 0 Å². The van der Waals surface area contributed by atoms with Gasteiger partial charge in [-0.3, -0.25) is 0 Å². The van der Waals surface area contributed by atoms with Crippen molar-refractivity contribution >= 4 is 19.9 Å². The number of aryl methyl sites for hydroxylation is 2. The second kappa shape index (κ2) is 5.63. The van der Waals surface area contributed by atoms with Crippen molar-refractivity contribution < 1.29 is 0 Å². The minimum atomic E-state index is -2.06. The average molecular weight is 309 g/mol. The summed E-state index contributed by atoms with van der Waals surface area (Å²) in [5.41, 5.74) is 5.15. The van der Waals surface area contributed by atoms with E-state index in [0.29, 0.717) is 0 Å². The van der Waals surface area contributed by atoms with E-state index in [1.165, 1.54) is 22.5 Å². The van der Waals surface area contributed by atoms with Crippen molar-refractivity contribution in [2.45, 2.75) is 20.4 Å². The zero-order valence-corrected chi connectivity index (χ0v) is 14.7. The van der Waals surface area contributed by atoms with Crippen LogP contribution in [-0.2, 0) is 0 Å². The van der Waals surface area contributed by atoms with E-state index in [2.05, 4.69) is 102 Å². The van der Waals surface area contributed by atoms with E-state index in [9.17, 15) is 0 Å². The predicted octanol–water partition coefficient (Wildman–Crippen LogP) is 3.89. The highest BCUT2D eigenvalue weighted by molar-refractivity contribution is 6.85. The first-order chi connectivity index (χ1) is 10.6. The largest absolute Gasteiger partial charge is 0.351 e. The number of benzene rings is 2. The molecular formula is C18H23N3Si. The molecule has 0 aromatic heterocycles. The third-order valence-electron chi connectivity index (χ3n) is 4.53. The summed E-state index contributed by atoms with van der Waals surface area (Å²) in [7, 11) is 0.00731. The Balaban J connectivity index is 2.06. The summed E-state index contributed by atoms with van der Waals surface area (Å²) in [5.74, 6) is 0. The van der Waals surface area contributed by atoms with Crippen molar-refractivity contribution in [3.05, 3.63) is 72.1 Å². The molecule has 4 heteroatoms. The van der Waals surface area contributed by atoms with Crippen LogP contribution in [0.2, 0.25) is 6.55 Å². The number of hydrogen-bond donors (Lipinski definition) is 1. The first-order valence-electron chi connectivity index (χ1n) is 7.65. The van der Waals surface area contributed by atoms with Crippen LogP contribution in [0.25, 0.3) is 0 Å². The Morgan fingerprint density at radius 2 is 1.18 bits per heavy atom. The van der Waals surface area contributed by atoms with Gasteiger partial charge < -0.3 is 14.1 Å². The Morgan fingerprint density at radius 1 is 0.773 bits per heavy atom. The van der Waals surface area contributed by atoms with Crippen LogP contribution in [0.15, 0.2) is 60.9 Å². The lowest BCUT2D eigenvalue weighted by atomic mass is 10.2. The smallest absolute Gasteiger partial charge is 0.343 e. The minimum absolute atomic E-state index is 1.28. The van der Waals surface area contributed by atoms with Gasteiger partial charge in [-0.05, 0) is 50.7 Å². The van der Waals surface area contributed by atoms with Gasteiger partial charge in [0.1, 0.15) is 0 Å². The molecule has 0 bridgehead atoms. The standard InChI is InChI=1S/C18H23N3Si/c1-15-9-5-7-11-17(15)20-13-14-21(22(20,4)19-3)18-12-8-6-10-16(18)2/h5-14,19H,1-4H3. The van der Waals surface area contributed by atoms with E-state index in [-0.39, 0.29) is 0 Å². The Hall–Kier alpha value is -2.04. The van der Waals surface area contributed by atoms with Crippen molar-refractivity contribution in [1.29, 1.82) is 0 Å². The van der Waals surface area contributed by atoms with E-state index < -0.39 is 8.56 Å². The van der Waals surface area contributed by atoms with Gasteiger partial charge in [0.05, 0.1) is 0 Å². The second-order valence-electron chi connectivity index (χ2n) is 5.88. The monoisotopic (exact) mass is 309 g/mol. The van der Waals surface area contributed by atoms with Crippen LogP contribution >= 0.6 is 0 Å². The normalized spacial score (nSPS) is 16.4. The van der Waals surface area contributed by atoms with Crippen LogP contribution in [0.5, 0.6) is 0 Å². The van der Waals surface area contributed by atoms with Crippen LogP contribution in [0.3, 0.4) is 0 Å². The fourth-order valence-electron chi connectivity index (χ4n) is 3.08. The Bertz CT molecular complexity index is 655. The number of nitrogens with one attached hydrogen (secondary N) is 1.